The van der Waals surface area contributed by atoms with Crippen LogP contribution in [0.15, 0.2) is 28.9 Å². The van der Waals surface area contributed by atoms with Crippen LogP contribution >= 0.6 is 31.9 Å². The molecule has 0 atom stereocenters. The highest BCUT2D eigenvalue weighted by molar-refractivity contribution is 9.10. The number of anilines is 1. The second kappa shape index (κ2) is 4.93. The Balaban J connectivity index is 2.33. The standard InChI is InChI=1S/C12H11Br2N3O/c1-12(2,14)11(18)17-9-6-4-7-3-5-8(13)15-10(7)16-9/h3-6H,1-2H3,(H,15,16,17,18). The third-order valence-corrected chi connectivity index (χ3v) is 3.10. The fourth-order valence-corrected chi connectivity index (χ4v) is 1.71. The monoisotopic (exact) mass is 371 g/mol. The number of nitrogens with zero attached hydrogens (tertiary/aromatic N) is 2. The molecule has 2 heterocycles. The first-order valence-electron chi connectivity index (χ1n) is 5.30. The van der Waals surface area contributed by atoms with Gasteiger partial charge in [-0.1, -0.05) is 15.9 Å². The van der Waals surface area contributed by atoms with Gasteiger partial charge in [0, 0.05) is 5.39 Å². The molecular weight excluding hydrogens is 362 g/mol. The van der Waals surface area contributed by atoms with E-state index >= 15 is 0 Å². The molecule has 1 N–H and O–H groups in total. The number of fused-ring (bicyclic) bond motifs is 1. The molecule has 0 aliphatic carbocycles. The van der Waals surface area contributed by atoms with Gasteiger partial charge in [-0.25, -0.2) is 9.97 Å². The smallest absolute Gasteiger partial charge is 0.241 e. The van der Waals surface area contributed by atoms with Gasteiger partial charge in [-0.3, -0.25) is 4.79 Å². The zero-order valence-electron chi connectivity index (χ0n) is 9.87. The third kappa shape index (κ3) is 3.05. The van der Waals surface area contributed by atoms with E-state index in [0.29, 0.717) is 16.1 Å². The Labute approximate surface area is 121 Å². The number of nitrogens with one attached hydrogen (secondary N) is 1. The number of alkyl halides is 1. The topological polar surface area (TPSA) is 54.9 Å². The first-order valence-corrected chi connectivity index (χ1v) is 6.88. The minimum Gasteiger partial charge on any atom is -0.309 e. The summed E-state index contributed by atoms with van der Waals surface area (Å²) in [6.07, 6.45) is 0. The van der Waals surface area contributed by atoms with E-state index < -0.39 is 4.32 Å². The molecule has 2 rings (SSSR count). The summed E-state index contributed by atoms with van der Waals surface area (Å²) < 4.78 is 0.0840. The third-order valence-electron chi connectivity index (χ3n) is 2.30. The van der Waals surface area contributed by atoms with E-state index in [1.165, 1.54) is 0 Å². The summed E-state index contributed by atoms with van der Waals surface area (Å²) in [7, 11) is 0. The van der Waals surface area contributed by atoms with Crippen molar-refractivity contribution in [3.63, 3.8) is 0 Å². The van der Waals surface area contributed by atoms with Gasteiger partial charge in [-0.2, -0.15) is 0 Å². The maximum absolute atomic E-state index is 11.8. The molecule has 2 aromatic heterocycles. The van der Waals surface area contributed by atoms with Crippen molar-refractivity contribution in [3.8, 4) is 0 Å². The number of aromatic nitrogens is 2. The highest BCUT2D eigenvalue weighted by Gasteiger charge is 2.23. The van der Waals surface area contributed by atoms with Crippen LogP contribution in [0, 0.1) is 0 Å². The molecule has 0 aromatic carbocycles. The SMILES string of the molecule is CC(C)(Br)C(=O)Nc1ccc2ccc(Br)nc2n1. The lowest BCUT2D eigenvalue weighted by Crippen LogP contribution is -2.31. The predicted octanol–water partition coefficient (Wildman–Crippen LogP) is 3.50. The quantitative estimate of drug-likeness (QED) is 0.648. The van der Waals surface area contributed by atoms with E-state index in [2.05, 4.69) is 47.1 Å². The van der Waals surface area contributed by atoms with Crippen molar-refractivity contribution in [2.75, 3.05) is 5.32 Å². The lowest BCUT2D eigenvalue weighted by Gasteiger charge is -2.15. The Morgan fingerprint density at radius 1 is 1.22 bits per heavy atom. The second-order valence-electron chi connectivity index (χ2n) is 4.30. The molecule has 0 spiro atoms. The van der Waals surface area contributed by atoms with Crippen LogP contribution in [-0.4, -0.2) is 20.2 Å². The van der Waals surface area contributed by atoms with Gasteiger partial charge in [0.15, 0.2) is 5.65 Å². The van der Waals surface area contributed by atoms with Gasteiger partial charge in [-0.15, -0.1) is 0 Å². The molecule has 18 heavy (non-hydrogen) atoms. The minimum absolute atomic E-state index is 0.149. The van der Waals surface area contributed by atoms with Crippen LogP contribution in [-0.2, 0) is 4.79 Å². The summed E-state index contributed by atoms with van der Waals surface area (Å²) in [6.45, 7) is 3.55. The zero-order valence-corrected chi connectivity index (χ0v) is 13.0. The average Bonchev–Trinajstić information content (AvgIpc) is 2.27. The van der Waals surface area contributed by atoms with E-state index in [1.54, 1.807) is 19.9 Å². The Kier molecular flexibility index (Phi) is 3.68. The predicted molar refractivity (Wildman–Crippen MR) is 78.9 cm³/mol. The summed E-state index contributed by atoms with van der Waals surface area (Å²) in [6, 6.07) is 7.40. The van der Waals surface area contributed by atoms with Crippen molar-refractivity contribution in [2.45, 2.75) is 18.2 Å². The van der Waals surface area contributed by atoms with E-state index in [-0.39, 0.29) is 5.91 Å². The molecule has 2 aromatic rings. The normalized spacial score (nSPS) is 11.6. The molecule has 0 saturated carbocycles. The molecule has 6 heteroatoms. The van der Waals surface area contributed by atoms with E-state index in [1.807, 2.05) is 18.2 Å². The van der Waals surface area contributed by atoms with Crippen LogP contribution in [0.2, 0.25) is 0 Å². The summed E-state index contributed by atoms with van der Waals surface area (Å²) in [5, 5.41) is 3.67. The zero-order chi connectivity index (χ0) is 13.3. The molecule has 0 aliphatic rings. The maximum Gasteiger partial charge on any atom is 0.241 e. The highest BCUT2D eigenvalue weighted by Crippen LogP contribution is 2.20. The molecule has 0 radical (unpaired) electrons. The van der Waals surface area contributed by atoms with E-state index in [4.69, 9.17) is 0 Å². The number of amides is 1. The van der Waals surface area contributed by atoms with Crippen molar-refractivity contribution in [2.24, 2.45) is 0 Å². The summed E-state index contributed by atoms with van der Waals surface area (Å²) in [5.74, 6) is 0.343. The van der Waals surface area contributed by atoms with Gasteiger partial charge in [-0.05, 0) is 54.0 Å². The minimum atomic E-state index is -0.631. The molecule has 0 saturated heterocycles. The van der Waals surface area contributed by atoms with Crippen LogP contribution in [0.25, 0.3) is 11.0 Å². The molecule has 0 fully saturated rings. The van der Waals surface area contributed by atoms with Gasteiger partial charge in [0.05, 0.1) is 4.32 Å². The van der Waals surface area contributed by atoms with Crippen molar-refractivity contribution in [3.05, 3.63) is 28.9 Å². The fourth-order valence-electron chi connectivity index (χ4n) is 1.31. The molecule has 4 nitrogen and oxygen atoms in total. The van der Waals surface area contributed by atoms with Crippen LogP contribution in [0.1, 0.15) is 13.8 Å². The van der Waals surface area contributed by atoms with Gasteiger partial charge in [0.1, 0.15) is 10.4 Å². The lowest BCUT2D eigenvalue weighted by molar-refractivity contribution is -0.117. The van der Waals surface area contributed by atoms with Crippen molar-refractivity contribution in [1.82, 2.24) is 9.97 Å². The first-order chi connectivity index (χ1) is 8.36. The Bertz CT molecular complexity index is 608. The van der Waals surface area contributed by atoms with Crippen molar-refractivity contribution < 1.29 is 4.79 Å². The maximum atomic E-state index is 11.8. The molecule has 0 aliphatic heterocycles. The Hall–Kier alpha value is -1.01. The Morgan fingerprint density at radius 3 is 2.56 bits per heavy atom. The number of hydrogen-bond acceptors (Lipinski definition) is 3. The van der Waals surface area contributed by atoms with Gasteiger partial charge >= 0.3 is 0 Å². The lowest BCUT2D eigenvalue weighted by atomic mass is 10.2. The molecule has 0 bridgehead atoms. The molecule has 0 unspecified atom stereocenters. The van der Waals surface area contributed by atoms with Crippen LogP contribution in [0.5, 0.6) is 0 Å². The van der Waals surface area contributed by atoms with Crippen LogP contribution in [0.3, 0.4) is 0 Å². The number of halogens is 2. The van der Waals surface area contributed by atoms with E-state index in [9.17, 15) is 4.79 Å². The first kappa shape index (κ1) is 13.4. The van der Waals surface area contributed by atoms with E-state index in [0.717, 1.165) is 5.39 Å². The number of rotatable bonds is 2. The molecule has 1 amide bonds. The van der Waals surface area contributed by atoms with Gasteiger partial charge in [0.2, 0.25) is 5.91 Å². The number of carbonyl (C=O) groups excluding carboxylic acids is 1. The van der Waals surface area contributed by atoms with Gasteiger partial charge < -0.3 is 5.32 Å². The van der Waals surface area contributed by atoms with Crippen molar-refractivity contribution in [1.29, 1.82) is 0 Å². The summed E-state index contributed by atoms with van der Waals surface area (Å²) >= 11 is 6.59. The Morgan fingerprint density at radius 2 is 1.89 bits per heavy atom. The fraction of sp³-hybridized carbons (Fsp3) is 0.250. The molecular formula is C12H11Br2N3O. The van der Waals surface area contributed by atoms with Gasteiger partial charge in [0.25, 0.3) is 0 Å². The number of hydrogen-bond donors (Lipinski definition) is 1. The summed E-state index contributed by atoms with van der Waals surface area (Å²) in [5.41, 5.74) is 0.592. The number of pyridine rings is 2. The average molecular weight is 373 g/mol. The number of carbonyl (C=O) groups is 1. The second-order valence-corrected chi connectivity index (χ2v) is 7.10. The highest BCUT2D eigenvalue weighted by atomic mass is 79.9. The van der Waals surface area contributed by atoms with Crippen LogP contribution in [0.4, 0.5) is 5.82 Å². The largest absolute Gasteiger partial charge is 0.309 e. The molecule has 94 valence electrons. The summed E-state index contributed by atoms with van der Waals surface area (Å²) in [4.78, 5) is 20.4. The van der Waals surface area contributed by atoms with Crippen molar-refractivity contribution >= 4 is 54.6 Å². The van der Waals surface area contributed by atoms with Crippen LogP contribution < -0.4 is 5.32 Å².